The average Bonchev–Trinajstić information content (AvgIpc) is 3.18. The van der Waals surface area contributed by atoms with Gasteiger partial charge >= 0.3 is 12.2 Å². The van der Waals surface area contributed by atoms with E-state index in [4.69, 9.17) is 0 Å². The summed E-state index contributed by atoms with van der Waals surface area (Å²) in [4.78, 5) is 33.4. The van der Waals surface area contributed by atoms with E-state index in [9.17, 15) is 84.1 Å². The Labute approximate surface area is 377 Å². The summed E-state index contributed by atoms with van der Waals surface area (Å²) in [7, 11) is -21.7. The number of carbonyl (C=O) groups excluding carboxylic acids is 2. The van der Waals surface area contributed by atoms with Crippen molar-refractivity contribution in [2.75, 3.05) is 16.0 Å². The van der Waals surface area contributed by atoms with Gasteiger partial charge < -0.3 is 21.1 Å². The predicted molar refractivity (Wildman–Crippen MR) is 220 cm³/mol. The molecule has 0 aliphatic rings. The fourth-order valence-electron chi connectivity index (χ4n) is 5.79. The van der Waals surface area contributed by atoms with Crippen LogP contribution in [-0.4, -0.2) is 94.7 Å². The van der Waals surface area contributed by atoms with Crippen molar-refractivity contribution in [3.05, 3.63) is 90.8 Å². The number of amides is 1. The fourth-order valence-corrected chi connectivity index (χ4v) is 8.49. The lowest BCUT2D eigenvalue weighted by Crippen LogP contribution is -2.32. The summed E-state index contributed by atoms with van der Waals surface area (Å²) < 4.78 is 194. The molecule has 0 saturated carbocycles. The maximum atomic E-state index is 13.7. The molecule has 1 amide bonds. The molecular weight excluding hydrogens is 1010 g/mol. The van der Waals surface area contributed by atoms with E-state index >= 15 is 0 Å². The third-order valence-corrected chi connectivity index (χ3v) is 12.1. The number of hydrogen-bond donors (Lipinski definition) is 8. The number of hydrogen-bond acceptors (Lipinski definition) is 21. The number of anilines is 5. The molecule has 4 aromatic carbocycles. The number of azo groups is 2. The highest BCUT2D eigenvalue weighted by atomic mass is 32.2. The highest BCUT2D eigenvalue weighted by Gasteiger charge is 2.31. The number of Topliss-reactive ketones (excluding diaryl/α,β-unsaturated/α-hetero) is 1. The zero-order valence-corrected chi connectivity index (χ0v) is 36.2. The van der Waals surface area contributed by atoms with Crippen molar-refractivity contribution >= 4 is 109 Å². The van der Waals surface area contributed by atoms with Crippen LogP contribution in [0.4, 0.5) is 63.3 Å². The summed E-state index contributed by atoms with van der Waals surface area (Å²) >= 11 is 0. The fraction of sp³-hybridized carbons (Fsp3) is 0.0588. The smallest absolute Gasteiger partial charge is 0.313 e. The first-order valence-electron chi connectivity index (χ1n) is 17.6. The van der Waals surface area contributed by atoms with Crippen LogP contribution in [0.15, 0.2) is 107 Å². The molecular formula is C34H23F4N11O15S4. The number of halogens is 4. The minimum atomic E-state index is -5.68. The Morgan fingerprint density at radius 1 is 0.588 bits per heavy atom. The van der Waals surface area contributed by atoms with Crippen LogP contribution in [0.5, 0.6) is 5.75 Å². The number of phenolic OH excluding ortho intramolecular Hbond substituents is 1. The SMILES string of the molecule is CC(=O)C(N=Nc1cc(Nc2cc(F)nc(F)n2)ccc1S(=O)(=O)O)C(=O)Nc1ccc2c(O)c(N=Nc3cc(Nc4cc(F)nc(F)n4)ccc3S(=O)(=O)O)c(S(=O)(=O)O)cc2c1S(=O)(=O)O. The molecule has 0 fully saturated rings. The van der Waals surface area contributed by atoms with Crippen molar-refractivity contribution in [3.63, 3.8) is 0 Å². The molecule has 34 heteroatoms. The highest BCUT2D eigenvalue weighted by molar-refractivity contribution is 7.87. The Balaban J connectivity index is 1.41. The Morgan fingerprint density at radius 2 is 1.07 bits per heavy atom. The van der Waals surface area contributed by atoms with E-state index < -0.39 is 153 Å². The molecule has 8 N–H and O–H groups in total. The van der Waals surface area contributed by atoms with Crippen molar-refractivity contribution in [1.82, 2.24) is 19.9 Å². The van der Waals surface area contributed by atoms with E-state index in [0.29, 0.717) is 30.3 Å². The summed E-state index contributed by atoms with van der Waals surface area (Å²) in [6.45, 7) is 0.756. The van der Waals surface area contributed by atoms with Gasteiger partial charge in [0.2, 0.25) is 17.9 Å². The molecule has 0 saturated heterocycles. The number of phenols is 1. The van der Waals surface area contributed by atoms with Gasteiger partial charge in [-0.25, -0.2) is 0 Å². The van der Waals surface area contributed by atoms with E-state index in [1.807, 2.05) is 5.32 Å². The van der Waals surface area contributed by atoms with Crippen molar-refractivity contribution in [3.8, 4) is 5.75 Å². The minimum absolute atomic E-state index is 0.208. The van der Waals surface area contributed by atoms with Gasteiger partial charge in [-0.05, 0) is 61.5 Å². The number of ketones is 1. The third kappa shape index (κ3) is 11.5. The molecule has 0 radical (unpaired) electrons. The van der Waals surface area contributed by atoms with Crippen LogP contribution in [0.2, 0.25) is 0 Å². The molecule has 6 rings (SSSR count). The van der Waals surface area contributed by atoms with Gasteiger partial charge in [-0.15, -0.1) is 10.2 Å². The second kappa shape index (κ2) is 18.6. The van der Waals surface area contributed by atoms with Crippen molar-refractivity contribution < 1.29 is 84.1 Å². The normalized spacial score (nSPS) is 13.0. The predicted octanol–water partition coefficient (Wildman–Crippen LogP) is 5.25. The molecule has 0 spiro atoms. The van der Waals surface area contributed by atoms with Gasteiger partial charge in [0.15, 0.2) is 11.5 Å². The van der Waals surface area contributed by atoms with Crippen LogP contribution in [-0.2, 0) is 50.1 Å². The topological polar surface area (TPSA) is 409 Å². The summed E-state index contributed by atoms with van der Waals surface area (Å²) in [5, 5.41) is 30.3. The van der Waals surface area contributed by atoms with Gasteiger partial charge in [0.05, 0.1) is 5.69 Å². The number of fused-ring (bicyclic) bond motifs is 1. The molecule has 1 unspecified atom stereocenters. The largest absolute Gasteiger partial charge is 0.505 e. The van der Waals surface area contributed by atoms with Gasteiger partial charge in [-0.2, -0.15) is 81.4 Å². The zero-order valence-electron chi connectivity index (χ0n) is 33.0. The molecule has 68 heavy (non-hydrogen) atoms. The van der Waals surface area contributed by atoms with Gasteiger partial charge in [-0.1, -0.05) is 0 Å². The lowest BCUT2D eigenvalue weighted by atomic mass is 10.1. The van der Waals surface area contributed by atoms with E-state index in [1.165, 1.54) is 0 Å². The lowest BCUT2D eigenvalue weighted by molar-refractivity contribution is -0.126. The van der Waals surface area contributed by atoms with Gasteiger partial charge in [0, 0.05) is 34.3 Å². The number of aromatic nitrogens is 4. The maximum Gasteiger partial charge on any atom is 0.313 e. The summed E-state index contributed by atoms with van der Waals surface area (Å²) in [6.07, 6.45) is -3.02. The number of rotatable bonds is 15. The molecule has 0 bridgehead atoms. The molecule has 2 aromatic heterocycles. The number of nitrogens with one attached hydrogen (secondary N) is 3. The summed E-state index contributed by atoms with van der Waals surface area (Å²) in [6, 6.07) is 5.56. The summed E-state index contributed by atoms with van der Waals surface area (Å²) in [5.41, 5.74) is -4.33. The molecule has 26 nitrogen and oxygen atoms in total. The third-order valence-electron chi connectivity index (χ3n) is 8.50. The molecule has 0 aliphatic heterocycles. The second-order valence-electron chi connectivity index (χ2n) is 13.2. The van der Waals surface area contributed by atoms with Crippen molar-refractivity contribution in [2.45, 2.75) is 32.5 Å². The number of carbonyl (C=O) groups is 2. The Kier molecular flexibility index (Phi) is 13.6. The van der Waals surface area contributed by atoms with Gasteiger partial charge in [0.25, 0.3) is 46.4 Å². The van der Waals surface area contributed by atoms with E-state index in [0.717, 1.165) is 43.3 Å². The number of nitrogens with zero attached hydrogens (tertiary/aromatic N) is 8. The number of aromatic hydroxyl groups is 1. The average molecular weight is 1030 g/mol. The van der Waals surface area contributed by atoms with E-state index in [1.54, 1.807) is 0 Å². The van der Waals surface area contributed by atoms with Crippen LogP contribution >= 0.6 is 0 Å². The van der Waals surface area contributed by atoms with Crippen LogP contribution in [0.25, 0.3) is 10.8 Å². The van der Waals surface area contributed by atoms with Crippen LogP contribution < -0.4 is 16.0 Å². The Bertz CT molecular complexity index is 3610. The van der Waals surface area contributed by atoms with E-state index in [2.05, 4.69) is 51.0 Å². The maximum absolute atomic E-state index is 13.7. The molecule has 2 heterocycles. The van der Waals surface area contributed by atoms with Gasteiger partial charge in [-0.3, -0.25) is 27.8 Å². The molecule has 6 aromatic rings. The second-order valence-corrected chi connectivity index (χ2v) is 18.8. The van der Waals surface area contributed by atoms with Crippen LogP contribution in [0.3, 0.4) is 0 Å². The van der Waals surface area contributed by atoms with E-state index in [-0.39, 0.29) is 11.4 Å². The standard InChI is InChI=1S/C34H23F4N11O15S4/c1-13(50)28(48-46-19-8-14(2-6-21(19)65(53,54)55)39-26-11-24(35)42-33(37)44-26)32(52)41-18-5-4-16-17(31(18)68(62,63)64)10-23(67(59,60)61)29(30(16)51)49-47-20-9-15(3-7-22(20)66(56,57)58)40-27-12-25(36)43-34(38)45-27/h2-12,28,51H,1H3,(H,41,52)(H,39,42,44)(H,40,43,45)(H,53,54,55)(H,56,57,58)(H,59,60,61)(H,62,63,64). The Morgan fingerprint density at radius 3 is 1.51 bits per heavy atom. The first-order valence-corrected chi connectivity index (χ1v) is 23.3. The van der Waals surface area contributed by atoms with Crippen molar-refractivity contribution in [1.29, 1.82) is 0 Å². The number of benzene rings is 4. The lowest BCUT2D eigenvalue weighted by Gasteiger charge is -2.16. The molecule has 1 atom stereocenters. The minimum Gasteiger partial charge on any atom is -0.505 e. The van der Waals surface area contributed by atoms with Crippen LogP contribution in [0.1, 0.15) is 6.92 Å². The van der Waals surface area contributed by atoms with Crippen molar-refractivity contribution in [2.24, 2.45) is 20.5 Å². The monoisotopic (exact) mass is 1030 g/mol. The van der Waals surface area contributed by atoms with Crippen LogP contribution in [0, 0.1) is 24.1 Å². The first kappa shape index (κ1) is 49.8. The molecule has 356 valence electrons. The first-order chi connectivity index (χ1) is 31.5. The quantitative estimate of drug-likeness (QED) is 0.0162. The Hall–Kier alpha value is -7.60. The summed E-state index contributed by atoms with van der Waals surface area (Å²) in [5.74, 6) is -7.76. The highest BCUT2D eigenvalue weighted by Crippen LogP contribution is 2.45. The van der Waals surface area contributed by atoms with Gasteiger partial charge in [0.1, 0.15) is 48.3 Å². The zero-order chi connectivity index (χ0) is 50.3. The molecule has 0 aliphatic carbocycles.